The van der Waals surface area contributed by atoms with Crippen LogP contribution in [-0.4, -0.2) is 45.2 Å². The maximum absolute atomic E-state index is 13.8. The molecular weight excluding hydrogens is 456 g/mol. The van der Waals surface area contributed by atoms with E-state index >= 15 is 0 Å². The summed E-state index contributed by atoms with van der Waals surface area (Å²) in [5, 5.41) is 2.98. The van der Waals surface area contributed by atoms with Crippen LogP contribution in [0.4, 0.5) is 25.2 Å². The van der Waals surface area contributed by atoms with Crippen LogP contribution in [0, 0.1) is 11.6 Å². The molecule has 0 saturated carbocycles. The lowest BCUT2D eigenvalue weighted by Gasteiger charge is -2.10. The van der Waals surface area contributed by atoms with E-state index < -0.39 is 27.5 Å². The summed E-state index contributed by atoms with van der Waals surface area (Å²) in [6, 6.07) is 8.74. The Morgan fingerprint density at radius 1 is 1.18 bits per heavy atom. The Balaban J connectivity index is 1.84. The van der Waals surface area contributed by atoms with Crippen LogP contribution in [0.3, 0.4) is 0 Å². The molecule has 1 amide bonds. The second-order valence-corrected chi connectivity index (χ2v) is 9.21. The van der Waals surface area contributed by atoms with Crippen molar-refractivity contribution >= 4 is 27.5 Å². The lowest BCUT2D eigenvalue weighted by molar-refractivity contribution is 0.164. The molecule has 0 aliphatic heterocycles. The predicted molar refractivity (Wildman–Crippen MR) is 119 cm³/mol. The molecule has 1 heterocycles. The fraction of sp³-hybridized carbons (Fsp3) is 0.238. The summed E-state index contributed by atoms with van der Waals surface area (Å²) >= 11 is 0. The van der Waals surface area contributed by atoms with Crippen LogP contribution >= 0.6 is 0 Å². The van der Waals surface area contributed by atoms with Crippen LogP contribution in [0.1, 0.15) is 12.5 Å². The lowest BCUT2D eigenvalue weighted by Crippen LogP contribution is -2.07. The molecule has 9 nitrogen and oxygen atoms in total. The number of aromatic nitrogens is 3. The van der Waals surface area contributed by atoms with Gasteiger partial charge in [0.05, 0.1) is 34.8 Å². The van der Waals surface area contributed by atoms with Gasteiger partial charge in [-0.2, -0.15) is 4.98 Å². The van der Waals surface area contributed by atoms with Gasteiger partial charge in [0, 0.05) is 18.0 Å². The first-order chi connectivity index (χ1) is 15.7. The van der Waals surface area contributed by atoms with E-state index in [0.29, 0.717) is 11.3 Å². The molecule has 1 N–H and O–H groups in total. The molecule has 3 aromatic rings. The molecule has 3 rings (SSSR count). The number of amides is 1. The smallest absolute Gasteiger partial charge is 0.441 e. The summed E-state index contributed by atoms with van der Waals surface area (Å²) in [7, 11) is -1.53. The molecule has 12 heteroatoms. The summed E-state index contributed by atoms with van der Waals surface area (Å²) in [6.07, 6.45) is 1.72. The van der Waals surface area contributed by atoms with Gasteiger partial charge in [0.1, 0.15) is 12.1 Å². The van der Waals surface area contributed by atoms with Crippen molar-refractivity contribution in [3.63, 3.8) is 0 Å². The number of rotatable bonds is 7. The molecule has 1 aromatic heterocycles. The van der Waals surface area contributed by atoms with Crippen LogP contribution in [0.15, 0.2) is 47.1 Å². The number of hydrogen-bond donors (Lipinski definition) is 1. The summed E-state index contributed by atoms with van der Waals surface area (Å²) in [5.74, 6) is -1.82. The highest BCUT2D eigenvalue weighted by Crippen LogP contribution is 2.30. The first-order valence-electron chi connectivity index (χ1n) is 9.65. The first kappa shape index (κ1) is 24.0. The average Bonchev–Trinajstić information content (AvgIpc) is 2.75. The van der Waals surface area contributed by atoms with E-state index in [1.165, 1.54) is 19.7 Å². The van der Waals surface area contributed by atoms with Gasteiger partial charge in [-0.3, -0.25) is 0 Å². The van der Waals surface area contributed by atoms with Crippen molar-refractivity contribution in [2.45, 2.75) is 12.7 Å². The van der Waals surface area contributed by atoms with Gasteiger partial charge in [0.25, 0.3) is 0 Å². The minimum atomic E-state index is -2.85. The first-order valence-corrected chi connectivity index (χ1v) is 11.7. The number of carbonyl (C=O) groups excluding carboxylic acids is 1. The van der Waals surface area contributed by atoms with Crippen LogP contribution in [0.5, 0.6) is 5.75 Å². The number of hydrogen-bond acceptors (Lipinski definition) is 8. The van der Waals surface area contributed by atoms with Crippen molar-refractivity contribution in [2.75, 3.05) is 25.3 Å². The lowest BCUT2D eigenvalue weighted by atomic mass is 10.1. The van der Waals surface area contributed by atoms with Crippen LogP contribution in [-0.2, 0) is 20.2 Å². The van der Waals surface area contributed by atoms with Gasteiger partial charge in [0.15, 0.2) is 17.5 Å². The van der Waals surface area contributed by atoms with E-state index in [4.69, 9.17) is 9.47 Å². The highest BCUT2D eigenvalue weighted by molar-refractivity contribution is 7.92. The Morgan fingerprint density at radius 2 is 1.94 bits per heavy atom. The van der Waals surface area contributed by atoms with Crippen LogP contribution in [0.2, 0.25) is 0 Å². The van der Waals surface area contributed by atoms with Crippen molar-refractivity contribution in [3.05, 3.63) is 59.9 Å². The van der Waals surface area contributed by atoms with Crippen molar-refractivity contribution in [1.29, 1.82) is 0 Å². The van der Waals surface area contributed by atoms with Gasteiger partial charge in [-0.05, 0) is 30.7 Å². The topological polar surface area (TPSA) is 116 Å². The highest BCUT2D eigenvalue weighted by Gasteiger charge is 2.15. The van der Waals surface area contributed by atoms with E-state index in [0.717, 1.165) is 12.1 Å². The number of ether oxygens (including phenoxy) is 2. The predicted octanol–water partition coefficient (Wildman–Crippen LogP) is 4.32. The molecule has 0 aliphatic rings. The molecule has 0 aliphatic carbocycles. The number of anilines is 2. The number of methoxy groups -OCH3 is 1. The second-order valence-electron chi connectivity index (χ2n) is 6.82. The Morgan fingerprint density at radius 3 is 2.67 bits per heavy atom. The normalized spacial score (nSPS) is 12.5. The van der Waals surface area contributed by atoms with Crippen molar-refractivity contribution in [1.82, 2.24) is 15.0 Å². The van der Waals surface area contributed by atoms with Crippen molar-refractivity contribution in [3.8, 4) is 17.1 Å². The maximum atomic E-state index is 13.8. The quantitative estimate of drug-likeness (QED) is 0.535. The summed E-state index contributed by atoms with van der Waals surface area (Å²) in [5.41, 5.74) is 1.37. The summed E-state index contributed by atoms with van der Waals surface area (Å²) in [4.78, 5) is 23.8. The molecule has 0 radical (unpaired) electrons. The fourth-order valence-electron chi connectivity index (χ4n) is 2.88. The van der Waals surface area contributed by atoms with Crippen LogP contribution in [0.25, 0.3) is 11.4 Å². The highest BCUT2D eigenvalue weighted by atomic mass is 32.2. The molecule has 2 aromatic carbocycles. The summed E-state index contributed by atoms with van der Waals surface area (Å²) in [6.45, 7) is 1.77. The SMILES string of the molecule is CCOC(=O)N=S(C)(=O)Cc1cccc(Nc2ncnc(-c3cc(F)c(F)cc3OC)n2)c1. The Labute approximate surface area is 189 Å². The largest absolute Gasteiger partial charge is 0.496 e. The third kappa shape index (κ3) is 6.42. The third-order valence-electron chi connectivity index (χ3n) is 4.21. The second kappa shape index (κ2) is 10.3. The van der Waals surface area contributed by atoms with Crippen molar-refractivity contribution in [2.24, 2.45) is 4.36 Å². The molecule has 0 saturated heterocycles. The molecular formula is C21H21F2N5O4S. The Hall–Kier alpha value is -3.67. The molecule has 33 heavy (non-hydrogen) atoms. The van der Waals surface area contributed by atoms with E-state index in [1.54, 1.807) is 31.2 Å². The standard InChI is InChI=1S/C21H21F2N5O4S/c1-4-32-21(29)28-33(3,30)11-13-6-5-7-14(8-13)26-20-25-12-24-19(27-20)15-9-16(22)17(23)10-18(15)31-2/h5-10,12H,4,11H2,1-3H3,(H,24,25,26,27). The van der Waals surface area contributed by atoms with Gasteiger partial charge < -0.3 is 14.8 Å². The maximum Gasteiger partial charge on any atom is 0.441 e. The minimum Gasteiger partial charge on any atom is -0.496 e. The number of nitrogens with zero attached hydrogens (tertiary/aromatic N) is 4. The monoisotopic (exact) mass is 477 g/mol. The zero-order valence-electron chi connectivity index (χ0n) is 18.0. The zero-order valence-corrected chi connectivity index (χ0v) is 18.9. The summed E-state index contributed by atoms with van der Waals surface area (Å²) < 4.78 is 53.4. The van der Waals surface area contributed by atoms with E-state index in [2.05, 4.69) is 24.6 Å². The number of halogens is 2. The molecule has 1 unspecified atom stereocenters. The molecule has 1 atom stereocenters. The molecule has 0 bridgehead atoms. The fourth-order valence-corrected chi connectivity index (χ4v) is 4.11. The Kier molecular flexibility index (Phi) is 7.48. The number of carbonyl (C=O) groups is 1. The van der Waals surface area contributed by atoms with Gasteiger partial charge in [-0.1, -0.05) is 12.1 Å². The van der Waals surface area contributed by atoms with Gasteiger partial charge in [-0.25, -0.2) is 27.8 Å². The van der Waals surface area contributed by atoms with Crippen molar-refractivity contribution < 1.29 is 27.3 Å². The zero-order chi connectivity index (χ0) is 24.0. The molecule has 0 fully saturated rings. The van der Waals surface area contributed by atoms with Gasteiger partial charge >= 0.3 is 6.09 Å². The number of nitrogens with one attached hydrogen (secondary N) is 1. The molecule has 0 spiro atoms. The van der Waals surface area contributed by atoms with E-state index in [-0.39, 0.29) is 35.4 Å². The Bertz CT molecular complexity index is 1300. The molecule has 174 valence electrons. The van der Waals surface area contributed by atoms with Gasteiger partial charge in [-0.15, -0.1) is 4.36 Å². The minimum absolute atomic E-state index is 0.0237. The van der Waals surface area contributed by atoms with Gasteiger partial charge in [0.2, 0.25) is 5.95 Å². The van der Waals surface area contributed by atoms with E-state index in [1.807, 2.05) is 0 Å². The van der Waals surface area contributed by atoms with E-state index in [9.17, 15) is 17.8 Å². The number of benzene rings is 2. The van der Waals surface area contributed by atoms with Crippen LogP contribution < -0.4 is 10.1 Å². The third-order valence-corrected chi connectivity index (χ3v) is 5.61. The average molecular weight is 477 g/mol.